The molecule has 5 heteroatoms. The number of furan rings is 1. The fourth-order valence-corrected chi connectivity index (χ4v) is 3.21. The van der Waals surface area contributed by atoms with Crippen molar-refractivity contribution in [2.45, 2.75) is 46.6 Å². The molecule has 0 aliphatic carbocycles. The number of hydrogen-bond acceptors (Lipinski definition) is 4. The maximum absolute atomic E-state index is 12.6. The third-order valence-electron chi connectivity index (χ3n) is 5.02. The van der Waals surface area contributed by atoms with Crippen molar-refractivity contribution in [1.82, 2.24) is 0 Å². The van der Waals surface area contributed by atoms with Crippen LogP contribution in [0.25, 0.3) is 17.0 Å². The molecule has 0 atom stereocenters. The number of carbonyl (C=O) groups is 2. The van der Waals surface area contributed by atoms with Crippen LogP contribution in [0.4, 0.5) is 0 Å². The molecule has 156 valence electrons. The van der Waals surface area contributed by atoms with Gasteiger partial charge in [0.25, 0.3) is 0 Å². The molecule has 1 aromatic heterocycles. The van der Waals surface area contributed by atoms with Crippen LogP contribution in [0.3, 0.4) is 0 Å². The summed E-state index contributed by atoms with van der Waals surface area (Å²) >= 11 is 0. The molecule has 0 aliphatic heterocycles. The standard InChI is InChI=1S/C25H26O5/c1-6-17-7-9-19-14-22(29-21(19)13-17)20(26)10-8-18-11-15(2)23(16(3)12-18)30-25(4,5)24(27)28/h7-14H,6H2,1-5H3,(H,27,28)/b10-8+. The molecule has 0 aliphatic rings. The summed E-state index contributed by atoms with van der Waals surface area (Å²) in [5, 5.41) is 10.2. The largest absolute Gasteiger partial charge is 0.478 e. The van der Waals surface area contributed by atoms with Crippen LogP contribution >= 0.6 is 0 Å². The monoisotopic (exact) mass is 406 g/mol. The van der Waals surface area contributed by atoms with Gasteiger partial charge in [-0.05, 0) is 86.7 Å². The van der Waals surface area contributed by atoms with Crippen molar-refractivity contribution in [3.63, 3.8) is 0 Å². The van der Waals surface area contributed by atoms with Crippen molar-refractivity contribution in [2.24, 2.45) is 0 Å². The zero-order valence-corrected chi connectivity index (χ0v) is 17.9. The minimum atomic E-state index is -1.33. The Morgan fingerprint density at radius 1 is 1.10 bits per heavy atom. The van der Waals surface area contributed by atoms with Crippen LogP contribution < -0.4 is 4.74 Å². The molecular formula is C25H26O5. The first-order valence-electron chi connectivity index (χ1n) is 9.89. The summed E-state index contributed by atoms with van der Waals surface area (Å²) in [5.41, 5.74) is 2.95. The summed E-state index contributed by atoms with van der Waals surface area (Å²) in [5.74, 6) is -0.416. The SMILES string of the molecule is CCc1ccc2cc(C(=O)/C=C/c3cc(C)c(OC(C)(C)C(=O)O)c(C)c3)oc2c1. The number of ketones is 1. The van der Waals surface area contributed by atoms with Crippen molar-refractivity contribution < 1.29 is 23.8 Å². The first-order valence-corrected chi connectivity index (χ1v) is 9.89. The van der Waals surface area contributed by atoms with Gasteiger partial charge in [0, 0.05) is 5.39 Å². The van der Waals surface area contributed by atoms with Gasteiger partial charge in [-0.3, -0.25) is 4.79 Å². The van der Waals surface area contributed by atoms with Crippen LogP contribution in [-0.4, -0.2) is 22.5 Å². The molecule has 0 unspecified atom stereocenters. The zero-order chi connectivity index (χ0) is 22.1. The highest BCUT2D eigenvalue weighted by Gasteiger charge is 2.30. The van der Waals surface area contributed by atoms with E-state index in [9.17, 15) is 14.7 Å². The Balaban J connectivity index is 1.82. The first-order chi connectivity index (χ1) is 14.1. The Morgan fingerprint density at radius 3 is 2.37 bits per heavy atom. The average Bonchev–Trinajstić information content (AvgIpc) is 3.12. The number of carboxylic acid groups (broad SMARTS) is 1. The van der Waals surface area contributed by atoms with Crippen LogP contribution in [0.1, 0.15) is 53.6 Å². The summed E-state index contributed by atoms with van der Waals surface area (Å²) in [6.45, 7) is 8.80. The van der Waals surface area contributed by atoms with Gasteiger partial charge in [-0.25, -0.2) is 4.79 Å². The number of aryl methyl sites for hydroxylation is 3. The number of aliphatic carboxylic acids is 1. The molecular weight excluding hydrogens is 380 g/mol. The molecule has 30 heavy (non-hydrogen) atoms. The minimum absolute atomic E-state index is 0.216. The van der Waals surface area contributed by atoms with Gasteiger partial charge in [0.15, 0.2) is 11.4 Å². The van der Waals surface area contributed by atoms with Gasteiger partial charge in [0.1, 0.15) is 11.3 Å². The van der Waals surface area contributed by atoms with E-state index < -0.39 is 11.6 Å². The third-order valence-corrected chi connectivity index (χ3v) is 5.02. The van der Waals surface area contributed by atoms with Crippen molar-refractivity contribution in [3.8, 4) is 5.75 Å². The molecule has 0 fully saturated rings. The quantitative estimate of drug-likeness (QED) is 0.399. The van der Waals surface area contributed by atoms with E-state index in [-0.39, 0.29) is 5.78 Å². The number of carbonyl (C=O) groups excluding carboxylic acids is 1. The van der Waals surface area contributed by atoms with E-state index in [2.05, 4.69) is 6.92 Å². The van der Waals surface area contributed by atoms with E-state index in [1.54, 1.807) is 12.1 Å². The Labute approximate surface area is 176 Å². The highest BCUT2D eigenvalue weighted by molar-refractivity contribution is 6.07. The zero-order valence-electron chi connectivity index (χ0n) is 17.9. The lowest BCUT2D eigenvalue weighted by atomic mass is 10.0. The number of allylic oxidation sites excluding steroid dienone is 1. The summed E-state index contributed by atoms with van der Waals surface area (Å²) in [7, 11) is 0. The van der Waals surface area contributed by atoms with E-state index in [1.807, 2.05) is 44.2 Å². The summed E-state index contributed by atoms with van der Waals surface area (Å²) in [6.07, 6.45) is 4.11. The van der Waals surface area contributed by atoms with Gasteiger partial charge in [-0.1, -0.05) is 25.1 Å². The van der Waals surface area contributed by atoms with Crippen molar-refractivity contribution in [1.29, 1.82) is 0 Å². The molecule has 2 aromatic carbocycles. The molecule has 1 heterocycles. The number of carboxylic acids is 1. The highest BCUT2D eigenvalue weighted by Crippen LogP contribution is 2.29. The van der Waals surface area contributed by atoms with Gasteiger partial charge in [0.2, 0.25) is 5.78 Å². The number of fused-ring (bicyclic) bond motifs is 1. The average molecular weight is 406 g/mol. The Hall–Kier alpha value is -3.34. The molecule has 5 nitrogen and oxygen atoms in total. The molecule has 1 N–H and O–H groups in total. The fraction of sp³-hybridized carbons (Fsp3) is 0.280. The topological polar surface area (TPSA) is 76.7 Å². The lowest BCUT2D eigenvalue weighted by Crippen LogP contribution is -2.38. The van der Waals surface area contributed by atoms with Crippen molar-refractivity contribution in [2.75, 3.05) is 0 Å². The Bertz CT molecular complexity index is 1120. The van der Waals surface area contributed by atoms with E-state index in [0.29, 0.717) is 17.1 Å². The maximum Gasteiger partial charge on any atom is 0.347 e. The molecule has 0 amide bonds. The second-order valence-electron chi connectivity index (χ2n) is 7.94. The molecule has 0 saturated carbocycles. The second-order valence-corrected chi connectivity index (χ2v) is 7.94. The van der Waals surface area contributed by atoms with Crippen LogP contribution in [-0.2, 0) is 11.2 Å². The molecule has 0 saturated heterocycles. The lowest BCUT2D eigenvalue weighted by molar-refractivity contribution is -0.152. The van der Waals surface area contributed by atoms with E-state index >= 15 is 0 Å². The first kappa shape index (κ1) is 21.4. The van der Waals surface area contributed by atoms with Crippen LogP contribution in [0.15, 0.2) is 46.9 Å². The van der Waals surface area contributed by atoms with Crippen LogP contribution in [0, 0.1) is 13.8 Å². The lowest BCUT2D eigenvalue weighted by Gasteiger charge is -2.24. The van der Waals surface area contributed by atoms with Gasteiger partial charge in [-0.15, -0.1) is 0 Å². The van der Waals surface area contributed by atoms with E-state index in [0.717, 1.165) is 34.1 Å². The number of ether oxygens (including phenoxy) is 1. The summed E-state index contributed by atoms with van der Waals surface area (Å²) in [6, 6.07) is 11.4. The van der Waals surface area contributed by atoms with Gasteiger partial charge in [-0.2, -0.15) is 0 Å². The predicted octanol–water partition coefficient (Wildman–Crippen LogP) is 5.75. The number of rotatable bonds is 7. The van der Waals surface area contributed by atoms with E-state index in [4.69, 9.17) is 9.15 Å². The second kappa shape index (κ2) is 8.19. The summed E-state index contributed by atoms with van der Waals surface area (Å²) < 4.78 is 11.4. The van der Waals surface area contributed by atoms with Crippen LogP contribution in [0.2, 0.25) is 0 Å². The predicted molar refractivity (Wildman–Crippen MR) is 117 cm³/mol. The molecule has 3 rings (SSSR count). The number of benzene rings is 2. The molecule has 0 radical (unpaired) electrons. The minimum Gasteiger partial charge on any atom is -0.478 e. The number of hydrogen-bond donors (Lipinski definition) is 1. The normalized spacial score (nSPS) is 11.9. The Kier molecular flexibility index (Phi) is 5.83. The van der Waals surface area contributed by atoms with Gasteiger partial charge >= 0.3 is 5.97 Å². The molecule has 3 aromatic rings. The summed E-state index contributed by atoms with van der Waals surface area (Å²) in [4.78, 5) is 23.9. The molecule has 0 bridgehead atoms. The van der Waals surface area contributed by atoms with Crippen molar-refractivity contribution in [3.05, 3.63) is 70.5 Å². The van der Waals surface area contributed by atoms with Crippen molar-refractivity contribution >= 4 is 28.8 Å². The fourth-order valence-electron chi connectivity index (χ4n) is 3.21. The molecule has 0 spiro atoms. The smallest absolute Gasteiger partial charge is 0.347 e. The Morgan fingerprint density at radius 2 is 1.77 bits per heavy atom. The highest BCUT2D eigenvalue weighted by atomic mass is 16.5. The third kappa shape index (κ3) is 4.46. The van der Waals surface area contributed by atoms with E-state index in [1.165, 1.54) is 19.9 Å². The maximum atomic E-state index is 12.6. The van der Waals surface area contributed by atoms with Crippen LogP contribution in [0.5, 0.6) is 5.75 Å². The van der Waals surface area contributed by atoms with Gasteiger partial charge in [0.05, 0.1) is 0 Å². The van der Waals surface area contributed by atoms with Gasteiger partial charge < -0.3 is 14.3 Å².